The zero-order valence-electron chi connectivity index (χ0n) is 11.2. The number of hydrogen-bond acceptors (Lipinski definition) is 5. The summed E-state index contributed by atoms with van der Waals surface area (Å²) in [6.07, 6.45) is 0. The molecule has 0 fully saturated rings. The maximum atomic E-state index is 12.4. The van der Waals surface area contributed by atoms with E-state index in [2.05, 4.69) is 0 Å². The van der Waals surface area contributed by atoms with Crippen LogP contribution in [0.2, 0.25) is 5.02 Å². The standard InChI is InChI=1S/C11H15ClN4O4S/c1-6-8(12)2-7(3-9(6)13)21(19,20)16(4-10(14)17)5-11(15)18/h2-3H,4-5,13H2,1H3,(H2,14,17)(H2,15,18). The quantitative estimate of drug-likeness (QED) is 0.581. The molecule has 0 aliphatic carbocycles. The highest BCUT2D eigenvalue weighted by atomic mass is 35.5. The molecule has 0 radical (unpaired) electrons. The van der Waals surface area contributed by atoms with Gasteiger partial charge in [0.2, 0.25) is 21.8 Å². The summed E-state index contributed by atoms with van der Waals surface area (Å²) in [5.41, 5.74) is 16.3. The molecule has 0 atom stereocenters. The number of rotatable bonds is 6. The first-order valence-electron chi connectivity index (χ1n) is 5.68. The van der Waals surface area contributed by atoms with E-state index in [4.69, 9.17) is 28.8 Å². The lowest BCUT2D eigenvalue weighted by Gasteiger charge is -2.20. The van der Waals surface area contributed by atoms with Gasteiger partial charge in [-0.3, -0.25) is 9.59 Å². The van der Waals surface area contributed by atoms with Gasteiger partial charge < -0.3 is 17.2 Å². The molecule has 0 saturated heterocycles. The number of hydrogen-bond donors (Lipinski definition) is 3. The molecule has 6 N–H and O–H groups in total. The topological polar surface area (TPSA) is 150 Å². The molecule has 0 aliphatic heterocycles. The van der Waals surface area contributed by atoms with Crippen molar-refractivity contribution in [3.05, 3.63) is 22.7 Å². The van der Waals surface area contributed by atoms with Crippen molar-refractivity contribution in [3.8, 4) is 0 Å². The molecule has 2 amide bonds. The average Bonchev–Trinajstić information content (AvgIpc) is 2.33. The second-order valence-corrected chi connectivity index (χ2v) is 6.67. The Hall–Kier alpha value is -1.84. The molecule has 1 aromatic carbocycles. The minimum atomic E-state index is -4.19. The lowest BCUT2D eigenvalue weighted by atomic mass is 10.2. The summed E-state index contributed by atoms with van der Waals surface area (Å²) >= 11 is 5.90. The number of nitrogen functional groups attached to an aromatic ring is 1. The van der Waals surface area contributed by atoms with Gasteiger partial charge in [0.1, 0.15) is 0 Å². The highest BCUT2D eigenvalue weighted by molar-refractivity contribution is 7.89. The molecule has 1 rings (SSSR count). The van der Waals surface area contributed by atoms with Gasteiger partial charge in [-0.1, -0.05) is 11.6 Å². The van der Waals surface area contributed by atoms with Gasteiger partial charge in [0.15, 0.2) is 0 Å². The van der Waals surface area contributed by atoms with Crippen molar-refractivity contribution in [2.75, 3.05) is 18.8 Å². The fraction of sp³-hybridized carbons (Fsp3) is 0.273. The van der Waals surface area contributed by atoms with Crippen LogP contribution in [0.3, 0.4) is 0 Å². The van der Waals surface area contributed by atoms with Crippen molar-refractivity contribution in [3.63, 3.8) is 0 Å². The van der Waals surface area contributed by atoms with E-state index in [0.29, 0.717) is 9.87 Å². The van der Waals surface area contributed by atoms with E-state index in [9.17, 15) is 18.0 Å². The van der Waals surface area contributed by atoms with Crippen LogP contribution in [-0.2, 0) is 19.6 Å². The third-order valence-electron chi connectivity index (χ3n) is 2.66. The summed E-state index contributed by atoms with van der Waals surface area (Å²) in [6, 6.07) is 2.36. The van der Waals surface area contributed by atoms with Crippen LogP contribution in [0.5, 0.6) is 0 Å². The van der Waals surface area contributed by atoms with E-state index >= 15 is 0 Å². The summed E-state index contributed by atoms with van der Waals surface area (Å²) in [5.74, 6) is -1.85. The fourth-order valence-electron chi connectivity index (χ4n) is 1.55. The van der Waals surface area contributed by atoms with Crippen molar-refractivity contribution in [1.29, 1.82) is 0 Å². The molecule has 1 aromatic rings. The zero-order valence-corrected chi connectivity index (χ0v) is 12.7. The number of anilines is 1. The monoisotopic (exact) mass is 334 g/mol. The van der Waals surface area contributed by atoms with Crippen molar-refractivity contribution in [2.45, 2.75) is 11.8 Å². The second kappa shape index (κ2) is 6.29. The number of sulfonamides is 1. The number of benzene rings is 1. The predicted octanol–water partition coefficient (Wildman–Crippen LogP) is -0.808. The molecule has 0 saturated carbocycles. The highest BCUT2D eigenvalue weighted by Gasteiger charge is 2.28. The first kappa shape index (κ1) is 17.2. The number of nitrogens with zero attached hydrogens (tertiary/aromatic N) is 1. The zero-order chi connectivity index (χ0) is 16.4. The van der Waals surface area contributed by atoms with Gasteiger partial charge in [-0.25, -0.2) is 8.42 Å². The van der Waals surface area contributed by atoms with Crippen LogP contribution in [0.25, 0.3) is 0 Å². The van der Waals surface area contributed by atoms with Gasteiger partial charge in [-0.2, -0.15) is 4.31 Å². The van der Waals surface area contributed by atoms with Crippen molar-refractivity contribution < 1.29 is 18.0 Å². The highest BCUT2D eigenvalue weighted by Crippen LogP contribution is 2.27. The first-order valence-corrected chi connectivity index (χ1v) is 7.50. The molecular formula is C11H15ClN4O4S. The Bertz CT molecular complexity index is 650. The van der Waals surface area contributed by atoms with Crippen LogP contribution in [0.4, 0.5) is 5.69 Å². The SMILES string of the molecule is Cc1c(N)cc(S(=O)(=O)N(CC(N)=O)CC(N)=O)cc1Cl. The Kier molecular flexibility index (Phi) is 5.15. The third-order valence-corrected chi connectivity index (χ3v) is 4.82. The van der Waals surface area contributed by atoms with Crippen LogP contribution in [0.15, 0.2) is 17.0 Å². The number of amides is 2. The summed E-state index contributed by atoms with van der Waals surface area (Å²) < 4.78 is 25.4. The number of carbonyl (C=O) groups excluding carboxylic acids is 2. The number of halogens is 1. The third kappa shape index (κ3) is 4.06. The fourth-order valence-corrected chi connectivity index (χ4v) is 3.27. The smallest absolute Gasteiger partial charge is 0.244 e. The van der Waals surface area contributed by atoms with E-state index in [1.165, 1.54) is 12.1 Å². The van der Waals surface area contributed by atoms with Crippen molar-refractivity contribution >= 4 is 39.1 Å². The normalized spacial score (nSPS) is 11.6. The molecule has 8 nitrogen and oxygen atoms in total. The van der Waals surface area contributed by atoms with Crippen molar-refractivity contribution in [2.24, 2.45) is 11.5 Å². The summed E-state index contributed by atoms with van der Waals surface area (Å²) in [5, 5.41) is 0.145. The number of nitrogens with two attached hydrogens (primary N) is 3. The van der Waals surface area contributed by atoms with E-state index in [1.807, 2.05) is 0 Å². The maximum Gasteiger partial charge on any atom is 0.244 e. The Morgan fingerprint density at radius 1 is 1.19 bits per heavy atom. The Balaban J connectivity index is 3.34. The molecule has 21 heavy (non-hydrogen) atoms. The van der Waals surface area contributed by atoms with Gasteiger partial charge in [0.05, 0.1) is 18.0 Å². The van der Waals surface area contributed by atoms with Crippen LogP contribution in [-0.4, -0.2) is 37.6 Å². The molecule has 0 aromatic heterocycles. The molecule has 0 bridgehead atoms. The average molecular weight is 335 g/mol. The molecule has 0 aliphatic rings. The number of primary amides is 2. The Morgan fingerprint density at radius 2 is 1.67 bits per heavy atom. The predicted molar refractivity (Wildman–Crippen MR) is 77.7 cm³/mol. The molecule has 0 spiro atoms. The van der Waals surface area contributed by atoms with Crippen LogP contribution in [0, 0.1) is 6.92 Å². The van der Waals surface area contributed by atoms with Crippen LogP contribution >= 0.6 is 11.6 Å². The minimum Gasteiger partial charge on any atom is -0.398 e. The van der Waals surface area contributed by atoms with E-state index in [-0.39, 0.29) is 15.6 Å². The largest absolute Gasteiger partial charge is 0.398 e. The summed E-state index contributed by atoms with van der Waals surface area (Å²) in [4.78, 5) is 21.7. The molecule has 0 unspecified atom stereocenters. The van der Waals surface area contributed by atoms with Gasteiger partial charge >= 0.3 is 0 Å². The molecule has 116 valence electrons. The minimum absolute atomic E-state index is 0.145. The van der Waals surface area contributed by atoms with Gasteiger partial charge in [-0.05, 0) is 24.6 Å². The van der Waals surface area contributed by atoms with Crippen LogP contribution < -0.4 is 17.2 Å². The lowest BCUT2D eigenvalue weighted by Crippen LogP contribution is -2.43. The summed E-state index contributed by atoms with van der Waals surface area (Å²) in [6.45, 7) is 0.256. The second-order valence-electron chi connectivity index (χ2n) is 4.33. The Labute approximate surface area is 126 Å². The summed E-state index contributed by atoms with van der Waals surface area (Å²) in [7, 11) is -4.19. The van der Waals surface area contributed by atoms with E-state index in [1.54, 1.807) is 6.92 Å². The van der Waals surface area contributed by atoms with Gasteiger partial charge in [0.25, 0.3) is 0 Å². The van der Waals surface area contributed by atoms with Gasteiger partial charge in [0, 0.05) is 10.7 Å². The maximum absolute atomic E-state index is 12.4. The van der Waals surface area contributed by atoms with Crippen LogP contribution in [0.1, 0.15) is 5.56 Å². The molecule has 0 heterocycles. The van der Waals surface area contributed by atoms with Crippen molar-refractivity contribution in [1.82, 2.24) is 4.31 Å². The first-order chi connectivity index (χ1) is 9.55. The number of carbonyl (C=O) groups is 2. The van der Waals surface area contributed by atoms with E-state index < -0.39 is 34.9 Å². The van der Waals surface area contributed by atoms with Gasteiger partial charge in [-0.15, -0.1) is 0 Å². The lowest BCUT2D eigenvalue weighted by molar-refractivity contribution is -0.120. The molecular weight excluding hydrogens is 320 g/mol. The van der Waals surface area contributed by atoms with E-state index in [0.717, 1.165) is 0 Å². The molecule has 10 heteroatoms. The Morgan fingerprint density at radius 3 is 2.05 bits per heavy atom.